The molecule has 1 heterocycles. The molecule has 1 aliphatic heterocycles. The van der Waals surface area contributed by atoms with Crippen LogP contribution >= 0.6 is 0 Å². The van der Waals surface area contributed by atoms with Gasteiger partial charge < -0.3 is 15.2 Å². The predicted octanol–water partition coefficient (Wildman–Crippen LogP) is 4.74. The number of nitrogens with one attached hydrogen (secondary N) is 1. The van der Waals surface area contributed by atoms with Gasteiger partial charge in [0.15, 0.2) is 5.78 Å². The van der Waals surface area contributed by atoms with Crippen molar-refractivity contribution >= 4 is 11.8 Å². The Balaban J connectivity index is 1.73. The van der Waals surface area contributed by atoms with E-state index < -0.39 is 11.9 Å². The standard InChI is InChI=1S/C26H27NO4/c1-16-22(25(30)31-15-17-7-5-4-6-8-17)23(18-9-11-19(28)12-10-18)24-20(27-16)13-26(2,3)14-21(24)29/h4-12,23,27-28H,13-15H2,1-3H3/t23-/m0/s1. The van der Waals surface area contributed by atoms with Gasteiger partial charge in [-0.15, -0.1) is 0 Å². The summed E-state index contributed by atoms with van der Waals surface area (Å²) in [5, 5.41) is 13.1. The van der Waals surface area contributed by atoms with Gasteiger partial charge in [-0.05, 0) is 42.0 Å². The third kappa shape index (κ3) is 4.26. The van der Waals surface area contributed by atoms with Crippen LogP contribution in [0.25, 0.3) is 0 Å². The van der Waals surface area contributed by atoms with Crippen LogP contribution < -0.4 is 5.32 Å². The van der Waals surface area contributed by atoms with Crippen molar-refractivity contribution in [1.29, 1.82) is 0 Å². The number of rotatable bonds is 4. The number of dihydropyridines is 1. The molecular formula is C26H27NO4. The van der Waals surface area contributed by atoms with Crippen molar-refractivity contribution in [2.75, 3.05) is 0 Å². The molecule has 4 rings (SSSR count). The van der Waals surface area contributed by atoms with Crippen molar-refractivity contribution in [3.8, 4) is 5.75 Å². The number of ether oxygens (including phenoxy) is 1. The van der Waals surface area contributed by atoms with Crippen LogP contribution in [0.15, 0.2) is 77.1 Å². The van der Waals surface area contributed by atoms with E-state index in [2.05, 4.69) is 19.2 Å². The molecule has 0 unspecified atom stereocenters. The van der Waals surface area contributed by atoms with Crippen LogP contribution in [-0.2, 0) is 20.9 Å². The number of phenolic OH excluding ortho intramolecular Hbond substituents is 1. The second kappa shape index (κ2) is 8.06. The Morgan fingerprint density at radius 3 is 2.45 bits per heavy atom. The fraction of sp³-hybridized carbons (Fsp3) is 0.308. The number of benzene rings is 2. The number of hydrogen-bond donors (Lipinski definition) is 2. The number of hydrogen-bond acceptors (Lipinski definition) is 5. The SMILES string of the molecule is CC1=C(C(=O)OCc2ccccc2)[C@H](c2ccc(O)cc2)C2=C(CC(C)(C)CC2=O)N1. The first-order valence-electron chi connectivity index (χ1n) is 10.5. The Labute approximate surface area is 182 Å². The van der Waals surface area contributed by atoms with Crippen LogP contribution in [0.1, 0.15) is 50.7 Å². The minimum absolute atomic E-state index is 0.0395. The maximum atomic E-state index is 13.2. The second-order valence-electron chi connectivity index (χ2n) is 9.08. The molecule has 1 aliphatic carbocycles. The van der Waals surface area contributed by atoms with E-state index in [1.54, 1.807) is 24.3 Å². The summed E-state index contributed by atoms with van der Waals surface area (Å²) in [5.41, 5.74) is 4.17. The van der Waals surface area contributed by atoms with Crippen LogP contribution in [0.2, 0.25) is 0 Å². The van der Waals surface area contributed by atoms with Gasteiger partial charge >= 0.3 is 5.97 Å². The van der Waals surface area contributed by atoms with Crippen molar-refractivity contribution in [3.05, 3.63) is 88.3 Å². The molecule has 2 aromatic rings. The molecule has 0 fully saturated rings. The first-order valence-corrected chi connectivity index (χ1v) is 10.5. The molecule has 2 N–H and O–H groups in total. The Hall–Kier alpha value is -3.34. The molecule has 0 spiro atoms. The first-order chi connectivity index (χ1) is 14.7. The third-order valence-electron chi connectivity index (χ3n) is 5.90. The lowest BCUT2D eigenvalue weighted by Gasteiger charge is -2.39. The average Bonchev–Trinajstić information content (AvgIpc) is 2.71. The maximum absolute atomic E-state index is 13.2. The highest BCUT2D eigenvalue weighted by Crippen LogP contribution is 2.46. The number of ketones is 1. The Morgan fingerprint density at radius 1 is 1.10 bits per heavy atom. The number of allylic oxidation sites excluding steroid dienone is 3. The fourth-order valence-electron chi connectivity index (χ4n) is 4.51. The molecule has 0 saturated carbocycles. The fourth-order valence-corrected chi connectivity index (χ4v) is 4.51. The second-order valence-corrected chi connectivity index (χ2v) is 9.08. The van der Waals surface area contributed by atoms with Gasteiger partial charge in [-0.3, -0.25) is 4.79 Å². The van der Waals surface area contributed by atoms with Crippen LogP contribution in [0.3, 0.4) is 0 Å². The Morgan fingerprint density at radius 2 is 1.77 bits per heavy atom. The van der Waals surface area contributed by atoms with Crippen LogP contribution in [0.5, 0.6) is 5.75 Å². The largest absolute Gasteiger partial charge is 0.508 e. The molecule has 160 valence electrons. The predicted molar refractivity (Wildman–Crippen MR) is 118 cm³/mol. The number of aromatic hydroxyl groups is 1. The summed E-state index contributed by atoms with van der Waals surface area (Å²) in [6.07, 6.45) is 1.15. The normalized spacial score (nSPS) is 20.2. The summed E-state index contributed by atoms with van der Waals surface area (Å²) in [4.78, 5) is 26.5. The van der Waals surface area contributed by atoms with Gasteiger partial charge in [0.05, 0.1) is 5.57 Å². The molecule has 31 heavy (non-hydrogen) atoms. The summed E-state index contributed by atoms with van der Waals surface area (Å²) in [6, 6.07) is 16.2. The van der Waals surface area contributed by atoms with Gasteiger partial charge in [0, 0.05) is 29.3 Å². The van der Waals surface area contributed by atoms with Gasteiger partial charge in [-0.25, -0.2) is 4.79 Å². The zero-order valence-electron chi connectivity index (χ0n) is 18.1. The van der Waals surface area contributed by atoms with Gasteiger partial charge in [-0.1, -0.05) is 56.3 Å². The highest BCUT2D eigenvalue weighted by atomic mass is 16.5. The lowest BCUT2D eigenvalue weighted by molar-refractivity contribution is -0.140. The number of carbonyl (C=O) groups is 2. The summed E-state index contributed by atoms with van der Waals surface area (Å²) in [6.45, 7) is 6.16. The minimum atomic E-state index is -0.524. The Bertz CT molecular complexity index is 1080. The van der Waals surface area contributed by atoms with Crippen molar-refractivity contribution in [2.45, 2.75) is 46.1 Å². The lowest BCUT2D eigenvalue weighted by atomic mass is 9.68. The molecule has 0 amide bonds. The third-order valence-corrected chi connectivity index (χ3v) is 5.90. The van der Waals surface area contributed by atoms with Crippen LogP contribution in [0, 0.1) is 5.41 Å². The van der Waals surface area contributed by atoms with E-state index in [1.165, 1.54) is 0 Å². The summed E-state index contributed by atoms with van der Waals surface area (Å²) < 4.78 is 5.65. The van der Waals surface area contributed by atoms with Crippen LogP contribution in [-0.4, -0.2) is 16.9 Å². The Kier molecular flexibility index (Phi) is 5.44. The molecule has 0 bridgehead atoms. The first kappa shape index (κ1) is 20.9. The number of carbonyl (C=O) groups excluding carboxylic acids is 2. The van der Waals surface area contributed by atoms with Crippen molar-refractivity contribution < 1.29 is 19.4 Å². The van der Waals surface area contributed by atoms with Gasteiger partial charge in [0.25, 0.3) is 0 Å². The number of Topliss-reactive ketones (excluding diaryl/α,β-unsaturated/α-hetero) is 1. The molecule has 0 aromatic heterocycles. The van der Waals surface area contributed by atoms with E-state index in [-0.39, 0.29) is 23.6 Å². The summed E-state index contributed by atoms with van der Waals surface area (Å²) >= 11 is 0. The lowest BCUT2D eigenvalue weighted by Crippen LogP contribution is -2.38. The average molecular weight is 418 g/mol. The molecule has 5 nitrogen and oxygen atoms in total. The van der Waals surface area contributed by atoms with Gasteiger partial charge in [0.1, 0.15) is 12.4 Å². The maximum Gasteiger partial charge on any atom is 0.337 e. The summed E-state index contributed by atoms with van der Waals surface area (Å²) in [5.74, 6) is -0.797. The van der Waals surface area contributed by atoms with Crippen LogP contribution in [0.4, 0.5) is 0 Å². The van der Waals surface area contributed by atoms with E-state index in [4.69, 9.17) is 4.74 Å². The van der Waals surface area contributed by atoms with E-state index >= 15 is 0 Å². The quantitative estimate of drug-likeness (QED) is 0.703. The van der Waals surface area contributed by atoms with E-state index in [0.29, 0.717) is 23.3 Å². The van der Waals surface area contributed by atoms with Gasteiger partial charge in [-0.2, -0.15) is 0 Å². The van der Waals surface area contributed by atoms with Gasteiger partial charge in [0.2, 0.25) is 0 Å². The zero-order valence-corrected chi connectivity index (χ0v) is 18.1. The van der Waals surface area contributed by atoms with E-state index in [1.807, 2.05) is 37.3 Å². The smallest absolute Gasteiger partial charge is 0.337 e. The van der Waals surface area contributed by atoms with Crippen molar-refractivity contribution in [1.82, 2.24) is 5.32 Å². The van der Waals surface area contributed by atoms with E-state index in [0.717, 1.165) is 23.2 Å². The molecule has 0 radical (unpaired) electrons. The van der Waals surface area contributed by atoms with Crippen molar-refractivity contribution in [3.63, 3.8) is 0 Å². The number of esters is 1. The molecule has 0 saturated heterocycles. The van der Waals surface area contributed by atoms with E-state index in [9.17, 15) is 14.7 Å². The molecule has 2 aliphatic rings. The molecule has 2 aromatic carbocycles. The highest BCUT2D eigenvalue weighted by molar-refractivity contribution is 6.04. The molecular weight excluding hydrogens is 390 g/mol. The number of phenols is 1. The van der Waals surface area contributed by atoms with Crippen molar-refractivity contribution in [2.24, 2.45) is 5.41 Å². The minimum Gasteiger partial charge on any atom is -0.508 e. The topological polar surface area (TPSA) is 75.6 Å². The zero-order chi connectivity index (χ0) is 22.2. The molecule has 1 atom stereocenters. The monoisotopic (exact) mass is 417 g/mol. The molecule has 5 heteroatoms. The summed E-state index contributed by atoms with van der Waals surface area (Å²) in [7, 11) is 0. The highest BCUT2D eigenvalue weighted by Gasteiger charge is 2.43.